The highest BCUT2D eigenvalue weighted by Gasteiger charge is 2.31. The van der Waals surface area contributed by atoms with Crippen LogP contribution in [-0.2, 0) is 9.53 Å². The molecule has 1 heterocycles. The molecule has 0 aromatic carbocycles. The van der Waals surface area contributed by atoms with Crippen LogP contribution in [0.2, 0.25) is 0 Å². The monoisotopic (exact) mass is 305 g/mol. The largest absolute Gasteiger partial charge is 1.00 e. The summed E-state index contributed by atoms with van der Waals surface area (Å²) in [5.74, 6) is -0.319. The molecule has 0 aromatic rings. The minimum Gasteiger partial charge on any atom is -1.00 e. The molecule has 3 N–H and O–H groups in total. The van der Waals surface area contributed by atoms with Gasteiger partial charge in [0.25, 0.3) is 0 Å². The zero-order chi connectivity index (χ0) is 7.72. The first-order valence-corrected chi connectivity index (χ1v) is 4.30. The van der Waals surface area contributed by atoms with E-state index in [1.54, 1.807) is 0 Å². The van der Waals surface area contributed by atoms with Crippen molar-refractivity contribution < 1.29 is 27.7 Å². The van der Waals surface area contributed by atoms with Gasteiger partial charge in [0, 0.05) is 0 Å². The molecule has 0 aromatic heterocycles. The third kappa shape index (κ3) is 2.18. The van der Waals surface area contributed by atoms with Crippen molar-refractivity contribution >= 4 is 37.8 Å². The fraction of sp³-hybridized carbons (Fsp3) is 0.400. The standard InChI is InChI=1S/C5H5Br2NO2.ClH/c6-3-2(1-8)10-5(9)4(3)7;/h2H,1,8H2;1H. The van der Waals surface area contributed by atoms with Gasteiger partial charge in [0.05, 0.1) is 4.48 Å². The fourth-order valence-electron chi connectivity index (χ4n) is 0.657. The van der Waals surface area contributed by atoms with Crippen LogP contribution in [0.5, 0.6) is 0 Å². The molecule has 0 radical (unpaired) electrons. The van der Waals surface area contributed by atoms with Gasteiger partial charge >= 0.3 is 5.97 Å². The van der Waals surface area contributed by atoms with Crippen molar-refractivity contribution in [3.8, 4) is 0 Å². The first kappa shape index (κ1) is 11.4. The maximum absolute atomic E-state index is 10.8. The lowest BCUT2D eigenvalue weighted by Gasteiger charge is -2.02. The van der Waals surface area contributed by atoms with Gasteiger partial charge in [-0.25, -0.2) is 4.79 Å². The molecule has 0 amide bonds. The summed E-state index contributed by atoms with van der Waals surface area (Å²) in [5, 5.41) is 0. The van der Waals surface area contributed by atoms with Crippen molar-refractivity contribution in [1.29, 1.82) is 0 Å². The number of carbonyl (C=O) groups excluding carboxylic acids is 1. The van der Waals surface area contributed by atoms with Gasteiger partial charge < -0.3 is 22.9 Å². The number of cyclic esters (lactones) is 1. The SMILES string of the molecule is [Cl-].[NH3+]CC1OC(=O)C(Br)=C1Br. The van der Waals surface area contributed by atoms with Crippen molar-refractivity contribution in [2.75, 3.05) is 6.54 Å². The number of ether oxygens (including phenoxy) is 1. The predicted molar refractivity (Wildman–Crippen MR) is 42.5 cm³/mol. The molecule has 1 aliphatic rings. The lowest BCUT2D eigenvalue weighted by atomic mass is 10.3. The third-order valence-electron chi connectivity index (χ3n) is 1.18. The zero-order valence-corrected chi connectivity index (χ0v) is 9.37. The fourth-order valence-corrected chi connectivity index (χ4v) is 1.49. The maximum Gasteiger partial charge on any atom is 0.347 e. The van der Waals surface area contributed by atoms with E-state index in [-0.39, 0.29) is 24.5 Å². The predicted octanol–water partition coefficient (Wildman–Crippen LogP) is -2.84. The number of esters is 1. The second-order valence-corrected chi connectivity index (χ2v) is 3.49. The van der Waals surface area contributed by atoms with E-state index >= 15 is 0 Å². The number of carbonyl (C=O) groups is 1. The topological polar surface area (TPSA) is 53.9 Å². The quantitative estimate of drug-likeness (QED) is 0.531. The Bertz CT molecular complexity index is 207. The summed E-state index contributed by atoms with van der Waals surface area (Å²) in [6.45, 7) is 0.557. The second-order valence-electron chi connectivity index (χ2n) is 1.84. The summed E-state index contributed by atoms with van der Waals surface area (Å²) in [5.41, 5.74) is 3.62. The van der Waals surface area contributed by atoms with Crippen LogP contribution in [0.1, 0.15) is 0 Å². The lowest BCUT2D eigenvalue weighted by Crippen LogP contribution is -3.00. The highest BCUT2D eigenvalue weighted by molar-refractivity contribution is 9.14. The molecule has 1 atom stereocenters. The Labute approximate surface area is 87.0 Å². The Morgan fingerprint density at radius 3 is 2.27 bits per heavy atom. The molecular formula is C5H6Br2ClNO2. The molecule has 6 heteroatoms. The van der Waals surface area contributed by atoms with Crippen LogP contribution in [0, 0.1) is 0 Å². The molecule has 0 saturated heterocycles. The van der Waals surface area contributed by atoms with Crippen LogP contribution in [0.4, 0.5) is 0 Å². The Morgan fingerprint density at radius 1 is 1.55 bits per heavy atom. The molecule has 0 bridgehead atoms. The summed E-state index contributed by atoms with van der Waals surface area (Å²) in [7, 11) is 0. The summed E-state index contributed by atoms with van der Waals surface area (Å²) < 4.78 is 6.10. The number of hydrogen-bond acceptors (Lipinski definition) is 2. The van der Waals surface area contributed by atoms with E-state index < -0.39 is 0 Å². The summed E-state index contributed by atoms with van der Waals surface area (Å²) in [4.78, 5) is 10.8. The molecule has 0 aliphatic carbocycles. The van der Waals surface area contributed by atoms with Gasteiger partial charge in [-0.2, -0.15) is 0 Å². The minimum absolute atomic E-state index is 0. The van der Waals surface area contributed by atoms with E-state index in [4.69, 9.17) is 4.74 Å². The number of rotatable bonds is 1. The van der Waals surface area contributed by atoms with Gasteiger partial charge in [-0.15, -0.1) is 0 Å². The molecule has 1 rings (SSSR count). The first-order valence-electron chi connectivity index (χ1n) is 2.72. The van der Waals surface area contributed by atoms with E-state index in [0.717, 1.165) is 4.48 Å². The van der Waals surface area contributed by atoms with E-state index in [1.165, 1.54) is 0 Å². The van der Waals surface area contributed by atoms with Crippen LogP contribution in [0.3, 0.4) is 0 Å². The van der Waals surface area contributed by atoms with Gasteiger partial charge in [-0.3, -0.25) is 0 Å². The van der Waals surface area contributed by atoms with Crippen molar-refractivity contribution in [2.24, 2.45) is 0 Å². The van der Waals surface area contributed by atoms with Gasteiger partial charge in [0.2, 0.25) is 0 Å². The van der Waals surface area contributed by atoms with Crippen molar-refractivity contribution in [3.05, 3.63) is 8.96 Å². The van der Waals surface area contributed by atoms with Crippen LogP contribution in [0.15, 0.2) is 8.96 Å². The zero-order valence-electron chi connectivity index (χ0n) is 5.44. The van der Waals surface area contributed by atoms with Gasteiger partial charge in [-0.05, 0) is 31.9 Å². The highest BCUT2D eigenvalue weighted by atomic mass is 79.9. The van der Waals surface area contributed by atoms with Crippen molar-refractivity contribution in [3.63, 3.8) is 0 Å². The molecule has 0 saturated carbocycles. The minimum atomic E-state index is -0.319. The van der Waals surface area contributed by atoms with E-state index in [2.05, 4.69) is 37.6 Å². The first-order chi connectivity index (χ1) is 4.66. The average molecular weight is 307 g/mol. The smallest absolute Gasteiger partial charge is 0.347 e. The van der Waals surface area contributed by atoms with Gasteiger partial charge in [0.1, 0.15) is 11.0 Å². The normalized spacial score (nSPS) is 23.2. The molecular weight excluding hydrogens is 301 g/mol. The third-order valence-corrected chi connectivity index (χ3v) is 3.37. The number of hydrogen-bond donors (Lipinski definition) is 1. The van der Waals surface area contributed by atoms with Crippen LogP contribution in [-0.4, -0.2) is 18.6 Å². The number of quaternary nitrogens is 1. The average Bonchev–Trinajstić information content (AvgIpc) is 2.17. The van der Waals surface area contributed by atoms with E-state index in [9.17, 15) is 4.79 Å². The number of halogens is 3. The molecule has 1 unspecified atom stereocenters. The summed E-state index contributed by atoms with van der Waals surface area (Å²) >= 11 is 6.30. The van der Waals surface area contributed by atoms with Gasteiger partial charge in [-0.1, -0.05) is 0 Å². The summed E-state index contributed by atoms with van der Waals surface area (Å²) in [6, 6.07) is 0. The Morgan fingerprint density at radius 2 is 2.09 bits per heavy atom. The van der Waals surface area contributed by atoms with Crippen molar-refractivity contribution in [1.82, 2.24) is 0 Å². The van der Waals surface area contributed by atoms with E-state index in [0.29, 0.717) is 11.0 Å². The van der Waals surface area contributed by atoms with Crippen LogP contribution in [0.25, 0.3) is 0 Å². The Balaban J connectivity index is 0.000001000. The molecule has 11 heavy (non-hydrogen) atoms. The molecule has 0 spiro atoms. The van der Waals surface area contributed by atoms with E-state index in [1.807, 2.05) is 0 Å². The molecule has 64 valence electrons. The summed E-state index contributed by atoms with van der Waals surface area (Å²) in [6.07, 6.45) is -0.193. The molecule has 1 aliphatic heterocycles. The second kappa shape index (κ2) is 4.45. The van der Waals surface area contributed by atoms with Crippen LogP contribution >= 0.6 is 31.9 Å². The molecule has 3 nitrogen and oxygen atoms in total. The van der Waals surface area contributed by atoms with Crippen molar-refractivity contribution in [2.45, 2.75) is 6.10 Å². The maximum atomic E-state index is 10.8. The van der Waals surface area contributed by atoms with Crippen LogP contribution < -0.4 is 18.1 Å². The lowest BCUT2D eigenvalue weighted by molar-refractivity contribution is -0.379. The Hall–Kier alpha value is 0.420. The van der Waals surface area contributed by atoms with Gasteiger partial charge in [0.15, 0.2) is 6.10 Å². The molecule has 0 fully saturated rings. The highest BCUT2D eigenvalue weighted by Crippen LogP contribution is 2.30. The Kier molecular flexibility index (Phi) is 4.62.